The van der Waals surface area contributed by atoms with E-state index in [0.29, 0.717) is 22.9 Å². The van der Waals surface area contributed by atoms with Crippen LogP contribution in [0.2, 0.25) is 0 Å². The second-order valence-corrected chi connectivity index (χ2v) is 5.81. The van der Waals surface area contributed by atoms with E-state index < -0.39 is 4.92 Å². The molecule has 114 valence electrons. The second kappa shape index (κ2) is 6.95. The summed E-state index contributed by atoms with van der Waals surface area (Å²) in [5.41, 5.74) is 1.26. The number of anilines is 2. The van der Waals surface area contributed by atoms with Gasteiger partial charge < -0.3 is 10.2 Å². The third-order valence-electron chi connectivity index (χ3n) is 2.73. The van der Waals surface area contributed by atoms with Gasteiger partial charge in [0.15, 0.2) is 5.13 Å². The van der Waals surface area contributed by atoms with Gasteiger partial charge in [-0.05, 0) is 26.2 Å². The Morgan fingerprint density at radius 2 is 2.09 bits per heavy atom. The summed E-state index contributed by atoms with van der Waals surface area (Å²) in [6.45, 7) is 0.489. The molecule has 8 heteroatoms. The zero-order chi connectivity index (χ0) is 16.1. The summed E-state index contributed by atoms with van der Waals surface area (Å²) in [7, 11) is 3.74. The van der Waals surface area contributed by atoms with Crippen LogP contribution in [0.3, 0.4) is 0 Å². The van der Waals surface area contributed by atoms with Crippen LogP contribution in [-0.2, 0) is 4.79 Å². The van der Waals surface area contributed by atoms with Crippen molar-refractivity contribution in [3.63, 3.8) is 0 Å². The fourth-order valence-electron chi connectivity index (χ4n) is 1.74. The van der Waals surface area contributed by atoms with E-state index in [1.165, 1.54) is 23.5 Å². The minimum atomic E-state index is -0.451. The van der Waals surface area contributed by atoms with Crippen LogP contribution in [0, 0.1) is 10.1 Å². The average molecular weight is 318 g/mol. The van der Waals surface area contributed by atoms with Crippen molar-refractivity contribution >= 4 is 39.4 Å². The summed E-state index contributed by atoms with van der Waals surface area (Å²) >= 11 is 1.33. The van der Waals surface area contributed by atoms with Crippen LogP contribution in [0.15, 0.2) is 30.5 Å². The van der Waals surface area contributed by atoms with Crippen LogP contribution < -0.4 is 5.32 Å². The summed E-state index contributed by atoms with van der Waals surface area (Å²) in [6.07, 6.45) is 1.61. The predicted molar refractivity (Wildman–Crippen MR) is 86.1 cm³/mol. The van der Waals surface area contributed by atoms with Gasteiger partial charge in [0.25, 0.3) is 5.69 Å². The zero-order valence-corrected chi connectivity index (χ0v) is 12.9. The van der Waals surface area contributed by atoms with Crippen molar-refractivity contribution in [2.45, 2.75) is 0 Å². The number of aromatic nitrogens is 1. The highest BCUT2D eigenvalue weighted by Gasteiger charge is 2.10. The molecule has 0 atom stereocenters. The van der Waals surface area contributed by atoms with Gasteiger partial charge in [-0.1, -0.05) is 11.3 Å². The Morgan fingerprint density at radius 3 is 2.64 bits per heavy atom. The fraction of sp³-hybridized carbons (Fsp3) is 0.214. The molecule has 0 unspecified atom stereocenters. The van der Waals surface area contributed by atoms with E-state index in [2.05, 4.69) is 10.3 Å². The average Bonchev–Trinajstić information content (AvgIpc) is 2.93. The lowest BCUT2D eigenvalue weighted by Crippen LogP contribution is -2.14. The molecule has 0 spiro atoms. The quantitative estimate of drug-likeness (QED) is 0.500. The molecule has 1 aromatic carbocycles. The maximum absolute atomic E-state index is 11.0. The van der Waals surface area contributed by atoms with Crippen LogP contribution in [0.4, 0.5) is 16.5 Å². The number of nitro benzene ring substituents is 1. The van der Waals surface area contributed by atoms with Gasteiger partial charge in [0.05, 0.1) is 15.4 Å². The van der Waals surface area contributed by atoms with E-state index in [9.17, 15) is 14.9 Å². The highest BCUT2D eigenvalue weighted by molar-refractivity contribution is 7.16. The van der Waals surface area contributed by atoms with Gasteiger partial charge >= 0.3 is 0 Å². The number of likely N-dealkylation sites (N-methyl/N-ethyl adjacent to an activating group) is 1. The van der Waals surface area contributed by atoms with Crippen molar-refractivity contribution in [2.75, 3.05) is 26.0 Å². The molecule has 0 aliphatic carbocycles. The minimum Gasteiger partial charge on any atom is -0.332 e. The normalized spacial score (nSPS) is 10.3. The fourth-order valence-corrected chi connectivity index (χ4v) is 2.56. The number of benzene rings is 1. The molecule has 0 aliphatic rings. The molecule has 2 rings (SSSR count). The summed E-state index contributed by atoms with van der Waals surface area (Å²) in [5.74, 6) is 1.94. The van der Waals surface area contributed by atoms with Crippen molar-refractivity contribution in [1.82, 2.24) is 9.88 Å². The Morgan fingerprint density at radius 1 is 1.41 bits per heavy atom. The molecule has 0 amide bonds. The van der Waals surface area contributed by atoms with Crippen molar-refractivity contribution < 1.29 is 9.72 Å². The van der Waals surface area contributed by atoms with Crippen LogP contribution in [0.25, 0.3) is 5.57 Å². The largest absolute Gasteiger partial charge is 0.332 e. The number of nitrogens with zero attached hydrogens (tertiary/aromatic N) is 3. The maximum Gasteiger partial charge on any atom is 0.269 e. The molecule has 1 N–H and O–H groups in total. The molecular formula is C14H14N4O3S. The van der Waals surface area contributed by atoms with Crippen molar-refractivity contribution in [1.29, 1.82) is 0 Å². The molecular weight excluding hydrogens is 304 g/mol. The lowest BCUT2D eigenvalue weighted by Gasteiger charge is -2.08. The number of thiazole rings is 1. The van der Waals surface area contributed by atoms with E-state index in [-0.39, 0.29) is 5.69 Å². The van der Waals surface area contributed by atoms with Gasteiger partial charge in [-0.3, -0.25) is 10.1 Å². The molecule has 7 nitrogen and oxygen atoms in total. The summed E-state index contributed by atoms with van der Waals surface area (Å²) < 4.78 is 0. The Hall–Kier alpha value is -2.54. The molecule has 2 aromatic rings. The number of carbonyl (C=O) groups excluding carboxylic acids is 1. The molecule has 1 aromatic heterocycles. The Bertz CT molecular complexity index is 718. The molecule has 0 aliphatic heterocycles. The Kier molecular flexibility index (Phi) is 5.00. The molecule has 0 fully saturated rings. The lowest BCUT2D eigenvalue weighted by atomic mass is 10.2. The van der Waals surface area contributed by atoms with Gasteiger partial charge in [0.1, 0.15) is 5.94 Å². The van der Waals surface area contributed by atoms with E-state index in [0.717, 1.165) is 4.88 Å². The van der Waals surface area contributed by atoms with Gasteiger partial charge in [0, 0.05) is 30.6 Å². The van der Waals surface area contributed by atoms with Crippen LogP contribution >= 0.6 is 11.3 Å². The number of hydrogen-bond acceptors (Lipinski definition) is 7. The second-order valence-electron chi connectivity index (χ2n) is 4.78. The zero-order valence-electron chi connectivity index (χ0n) is 12.1. The Balaban J connectivity index is 2.11. The van der Waals surface area contributed by atoms with E-state index in [1.54, 1.807) is 18.3 Å². The molecule has 1 heterocycles. The lowest BCUT2D eigenvalue weighted by molar-refractivity contribution is -0.384. The third kappa shape index (κ3) is 3.98. The van der Waals surface area contributed by atoms with Crippen molar-refractivity contribution in [3.8, 4) is 0 Å². The first-order valence-electron chi connectivity index (χ1n) is 6.36. The highest BCUT2D eigenvalue weighted by atomic mass is 32.1. The van der Waals surface area contributed by atoms with Crippen LogP contribution in [-0.4, -0.2) is 41.4 Å². The van der Waals surface area contributed by atoms with Gasteiger partial charge in [-0.2, -0.15) is 0 Å². The van der Waals surface area contributed by atoms with Crippen molar-refractivity contribution in [2.24, 2.45) is 0 Å². The predicted octanol–water partition coefficient (Wildman–Crippen LogP) is 2.57. The van der Waals surface area contributed by atoms with Gasteiger partial charge in [-0.25, -0.2) is 9.78 Å². The summed E-state index contributed by atoms with van der Waals surface area (Å²) in [4.78, 5) is 28.0. The molecule has 0 saturated heterocycles. The standard InChI is InChI=1S/C14H14N4O3S/c1-17(2)8-10(9-19)13-7-15-14(22-13)16-11-3-5-12(6-4-11)18(20)21/h3-7H,8H2,1-2H3,(H,15,16). The number of hydrogen-bond donors (Lipinski definition) is 1. The number of nitrogens with one attached hydrogen (secondary N) is 1. The maximum atomic E-state index is 11.0. The topological polar surface area (TPSA) is 88.4 Å². The van der Waals surface area contributed by atoms with Crippen LogP contribution in [0.1, 0.15) is 4.88 Å². The van der Waals surface area contributed by atoms with E-state index in [1.807, 2.05) is 24.9 Å². The monoisotopic (exact) mass is 318 g/mol. The summed E-state index contributed by atoms with van der Waals surface area (Å²) in [6, 6.07) is 6.05. The molecule has 22 heavy (non-hydrogen) atoms. The number of rotatable bonds is 6. The third-order valence-corrected chi connectivity index (χ3v) is 3.70. The van der Waals surface area contributed by atoms with E-state index in [4.69, 9.17) is 0 Å². The van der Waals surface area contributed by atoms with Crippen molar-refractivity contribution in [3.05, 3.63) is 45.5 Å². The summed E-state index contributed by atoms with van der Waals surface area (Å²) in [5, 5.41) is 14.3. The van der Waals surface area contributed by atoms with Crippen LogP contribution in [0.5, 0.6) is 0 Å². The van der Waals surface area contributed by atoms with Gasteiger partial charge in [-0.15, -0.1) is 0 Å². The number of non-ortho nitro benzene ring substituents is 1. The highest BCUT2D eigenvalue weighted by Crippen LogP contribution is 2.27. The van der Waals surface area contributed by atoms with Gasteiger partial charge in [0.2, 0.25) is 0 Å². The first-order chi connectivity index (χ1) is 10.5. The first-order valence-corrected chi connectivity index (χ1v) is 7.17. The smallest absolute Gasteiger partial charge is 0.269 e. The SMILES string of the molecule is CN(C)CC(=C=O)c1cnc(Nc2ccc([N+](=O)[O-])cc2)s1. The molecule has 0 saturated carbocycles. The van der Waals surface area contributed by atoms with E-state index >= 15 is 0 Å². The first kappa shape index (κ1) is 15.8. The Labute approximate surface area is 131 Å². The molecule has 0 bridgehead atoms. The molecule has 0 radical (unpaired) electrons. The minimum absolute atomic E-state index is 0.0301. The number of nitro groups is 1.